The van der Waals surface area contributed by atoms with E-state index < -0.39 is 0 Å². The lowest BCUT2D eigenvalue weighted by Gasteiger charge is -2.33. The zero-order valence-electron chi connectivity index (χ0n) is 14.9. The minimum absolute atomic E-state index is 0.0426. The van der Waals surface area contributed by atoms with Crippen molar-refractivity contribution in [3.05, 3.63) is 52.4 Å². The van der Waals surface area contributed by atoms with Gasteiger partial charge in [0, 0.05) is 36.9 Å². The highest BCUT2D eigenvalue weighted by molar-refractivity contribution is 5.81. The van der Waals surface area contributed by atoms with Gasteiger partial charge in [-0.15, -0.1) is 0 Å². The summed E-state index contributed by atoms with van der Waals surface area (Å²) in [4.78, 5) is 22.3. The van der Waals surface area contributed by atoms with Gasteiger partial charge in [0.25, 0.3) is 5.56 Å². The van der Waals surface area contributed by atoms with Crippen LogP contribution in [-0.2, 0) is 6.54 Å². The van der Waals surface area contributed by atoms with Crippen molar-refractivity contribution in [2.75, 3.05) is 25.0 Å². The summed E-state index contributed by atoms with van der Waals surface area (Å²) in [5.41, 5.74) is 2.53. The van der Waals surface area contributed by atoms with Gasteiger partial charge in [-0.1, -0.05) is 5.16 Å². The average molecular weight is 351 g/mol. The van der Waals surface area contributed by atoms with Crippen LogP contribution in [-0.4, -0.2) is 51.8 Å². The van der Waals surface area contributed by atoms with Gasteiger partial charge >= 0.3 is 0 Å². The van der Waals surface area contributed by atoms with Crippen LogP contribution in [0.4, 0.5) is 5.69 Å². The number of piperazine rings is 1. The van der Waals surface area contributed by atoms with Gasteiger partial charge in [-0.2, -0.15) is 0 Å². The molecule has 3 aromatic rings. The number of likely N-dealkylation sites (N-methyl/N-ethyl adjacent to an activating group) is 1. The number of aryl methyl sites for hydroxylation is 1. The average Bonchev–Trinajstić information content (AvgIpc) is 3.33. The Kier molecular flexibility index (Phi) is 3.40. The smallest absolute Gasteiger partial charge is 0.261 e. The van der Waals surface area contributed by atoms with E-state index in [2.05, 4.69) is 33.1 Å². The summed E-state index contributed by atoms with van der Waals surface area (Å²) < 4.78 is 6.68. The van der Waals surface area contributed by atoms with Crippen LogP contribution in [0, 0.1) is 6.92 Å². The predicted molar refractivity (Wildman–Crippen MR) is 98.5 cm³/mol. The first-order chi connectivity index (χ1) is 12.6. The van der Waals surface area contributed by atoms with Crippen LogP contribution in [0.2, 0.25) is 0 Å². The first-order valence-electron chi connectivity index (χ1n) is 8.97. The fourth-order valence-electron chi connectivity index (χ4n) is 4.29. The molecule has 2 unspecified atom stereocenters. The highest BCUT2D eigenvalue weighted by atomic mass is 16.5. The Labute approximate surface area is 150 Å². The summed E-state index contributed by atoms with van der Waals surface area (Å²) in [7, 11) is 2.19. The molecule has 0 amide bonds. The zero-order valence-corrected chi connectivity index (χ0v) is 14.9. The molecule has 2 aliphatic rings. The van der Waals surface area contributed by atoms with Crippen LogP contribution >= 0.6 is 0 Å². The van der Waals surface area contributed by atoms with Crippen molar-refractivity contribution in [1.29, 1.82) is 0 Å². The molecule has 0 saturated carbocycles. The number of hydrogen-bond acceptors (Lipinski definition) is 6. The van der Waals surface area contributed by atoms with Gasteiger partial charge in [0.15, 0.2) is 0 Å². The molecule has 2 aliphatic heterocycles. The van der Waals surface area contributed by atoms with Crippen LogP contribution in [0.15, 0.2) is 39.9 Å². The Bertz CT molecular complexity index is 1040. The van der Waals surface area contributed by atoms with E-state index in [4.69, 9.17) is 4.52 Å². The second-order valence-corrected chi connectivity index (χ2v) is 7.44. The van der Waals surface area contributed by atoms with E-state index in [1.807, 2.05) is 25.1 Å². The van der Waals surface area contributed by atoms with Gasteiger partial charge in [-0.25, -0.2) is 4.98 Å². The van der Waals surface area contributed by atoms with E-state index in [-0.39, 0.29) is 5.56 Å². The highest BCUT2D eigenvalue weighted by Gasteiger charge is 2.41. The fourth-order valence-corrected chi connectivity index (χ4v) is 4.29. The molecule has 4 heterocycles. The Morgan fingerprint density at radius 3 is 2.81 bits per heavy atom. The van der Waals surface area contributed by atoms with E-state index in [1.54, 1.807) is 10.9 Å². The lowest BCUT2D eigenvalue weighted by Crippen LogP contribution is -2.44. The normalized spacial score (nSPS) is 22.6. The number of benzene rings is 1. The van der Waals surface area contributed by atoms with Gasteiger partial charge in [-0.05, 0) is 38.6 Å². The van der Waals surface area contributed by atoms with E-state index in [9.17, 15) is 4.79 Å². The number of nitrogens with zero attached hydrogens (tertiary/aromatic N) is 5. The van der Waals surface area contributed by atoms with Crippen LogP contribution in [0.1, 0.15) is 17.9 Å². The van der Waals surface area contributed by atoms with Crippen molar-refractivity contribution in [3.8, 4) is 0 Å². The van der Waals surface area contributed by atoms with Crippen molar-refractivity contribution >= 4 is 16.6 Å². The molecule has 2 saturated heterocycles. The number of likely N-dealkylation sites (tertiary alicyclic amines) is 1. The second kappa shape index (κ2) is 5.67. The van der Waals surface area contributed by atoms with E-state index in [0.717, 1.165) is 35.7 Å². The highest BCUT2D eigenvalue weighted by Crippen LogP contribution is 2.34. The molecule has 0 radical (unpaired) electrons. The van der Waals surface area contributed by atoms with E-state index >= 15 is 0 Å². The SMILES string of the molecule is Cc1cc(Cn2cnc3ccc(N4CC5CC4CN5C)cc3c2=O)no1. The zero-order chi connectivity index (χ0) is 17.8. The third-order valence-electron chi connectivity index (χ3n) is 5.66. The van der Waals surface area contributed by atoms with E-state index in [0.29, 0.717) is 24.0 Å². The molecule has 2 fully saturated rings. The minimum atomic E-state index is -0.0426. The third-order valence-corrected chi connectivity index (χ3v) is 5.66. The summed E-state index contributed by atoms with van der Waals surface area (Å²) in [6.07, 6.45) is 2.79. The van der Waals surface area contributed by atoms with Crippen molar-refractivity contribution < 1.29 is 4.52 Å². The Hall–Kier alpha value is -2.67. The van der Waals surface area contributed by atoms with Crippen LogP contribution in [0.5, 0.6) is 0 Å². The van der Waals surface area contributed by atoms with Gasteiger partial charge in [0.2, 0.25) is 0 Å². The molecule has 0 spiro atoms. The molecule has 7 nitrogen and oxygen atoms in total. The summed E-state index contributed by atoms with van der Waals surface area (Å²) in [5, 5.41) is 4.62. The Morgan fingerprint density at radius 2 is 2.12 bits per heavy atom. The summed E-state index contributed by atoms with van der Waals surface area (Å²) in [6.45, 7) is 4.32. The maximum atomic E-state index is 13.0. The molecule has 0 aliphatic carbocycles. The largest absolute Gasteiger partial charge is 0.366 e. The lowest BCUT2D eigenvalue weighted by atomic mass is 10.2. The van der Waals surface area contributed by atoms with Crippen molar-refractivity contribution in [3.63, 3.8) is 0 Å². The molecule has 5 rings (SSSR count). The molecule has 7 heteroatoms. The maximum absolute atomic E-state index is 13.0. The molecular formula is C19H21N5O2. The number of fused-ring (bicyclic) bond motifs is 3. The van der Waals surface area contributed by atoms with Crippen molar-refractivity contribution in [1.82, 2.24) is 19.6 Å². The predicted octanol–water partition coefficient (Wildman–Crippen LogP) is 1.63. The lowest BCUT2D eigenvalue weighted by molar-refractivity contribution is 0.292. The van der Waals surface area contributed by atoms with Crippen molar-refractivity contribution in [2.45, 2.75) is 32.0 Å². The van der Waals surface area contributed by atoms with Crippen molar-refractivity contribution in [2.24, 2.45) is 0 Å². The molecule has 2 aromatic heterocycles. The number of anilines is 1. The molecule has 26 heavy (non-hydrogen) atoms. The summed E-state index contributed by atoms with van der Waals surface area (Å²) in [5.74, 6) is 0.734. The van der Waals surface area contributed by atoms with Gasteiger partial charge < -0.3 is 9.42 Å². The molecule has 1 aromatic carbocycles. The molecular weight excluding hydrogens is 330 g/mol. The summed E-state index contributed by atoms with van der Waals surface area (Å²) >= 11 is 0. The number of rotatable bonds is 3. The standard InChI is InChI=1S/C19H21N5O2/c1-12-5-13(21-26-12)8-23-11-20-18-4-3-14(7-17(18)19(23)25)24-10-15-6-16(24)9-22(15)2/h3-5,7,11,15-16H,6,8-10H2,1-2H3. The van der Waals surface area contributed by atoms with Gasteiger partial charge in [0.1, 0.15) is 11.5 Å². The molecule has 134 valence electrons. The monoisotopic (exact) mass is 351 g/mol. The summed E-state index contributed by atoms with van der Waals surface area (Å²) in [6, 6.07) is 9.03. The first kappa shape index (κ1) is 15.6. The van der Waals surface area contributed by atoms with Gasteiger partial charge in [-0.3, -0.25) is 14.3 Å². The Morgan fingerprint density at radius 1 is 1.23 bits per heavy atom. The quantitative estimate of drug-likeness (QED) is 0.715. The second-order valence-electron chi connectivity index (χ2n) is 7.44. The molecule has 2 atom stereocenters. The number of hydrogen-bond donors (Lipinski definition) is 0. The maximum Gasteiger partial charge on any atom is 0.261 e. The third kappa shape index (κ3) is 2.42. The van der Waals surface area contributed by atoms with Crippen LogP contribution in [0.25, 0.3) is 10.9 Å². The van der Waals surface area contributed by atoms with E-state index in [1.165, 1.54) is 6.42 Å². The molecule has 0 N–H and O–H groups in total. The topological polar surface area (TPSA) is 67.4 Å². The Balaban J connectivity index is 1.51. The minimum Gasteiger partial charge on any atom is -0.366 e. The van der Waals surface area contributed by atoms with Gasteiger partial charge in [0.05, 0.1) is 23.8 Å². The van der Waals surface area contributed by atoms with Crippen LogP contribution < -0.4 is 10.5 Å². The van der Waals surface area contributed by atoms with Crippen LogP contribution in [0.3, 0.4) is 0 Å². The fraction of sp³-hybridized carbons (Fsp3) is 0.421. The first-order valence-corrected chi connectivity index (χ1v) is 8.97. The number of aromatic nitrogens is 3. The molecule has 2 bridgehead atoms.